The van der Waals surface area contributed by atoms with Crippen molar-refractivity contribution in [3.05, 3.63) is 91.4 Å². The predicted octanol–water partition coefficient (Wildman–Crippen LogP) is 6.42. The molecule has 5 nitrogen and oxygen atoms in total. The lowest BCUT2D eigenvalue weighted by atomic mass is 10.1. The molecule has 0 aliphatic heterocycles. The van der Waals surface area contributed by atoms with Crippen LogP contribution in [0.15, 0.2) is 64.2 Å². The summed E-state index contributed by atoms with van der Waals surface area (Å²) in [6.45, 7) is 2.24. The van der Waals surface area contributed by atoms with Gasteiger partial charge in [-0.25, -0.2) is 5.43 Å². The fourth-order valence-electron chi connectivity index (χ4n) is 2.67. The molecule has 0 aliphatic carbocycles. The van der Waals surface area contributed by atoms with E-state index in [0.29, 0.717) is 31.6 Å². The van der Waals surface area contributed by atoms with E-state index in [1.54, 1.807) is 37.4 Å². The molecule has 3 aromatic rings. The van der Waals surface area contributed by atoms with Crippen LogP contribution < -0.4 is 14.9 Å². The highest BCUT2D eigenvalue weighted by Gasteiger charge is 2.12. The zero-order valence-corrected chi connectivity index (χ0v) is 19.9. The highest BCUT2D eigenvalue weighted by molar-refractivity contribution is 9.10. The van der Waals surface area contributed by atoms with Crippen molar-refractivity contribution in [2.75, 3.05) is 7.11 Å². The van der Waals surface area contributed by atoms with Crippen LogP contribution in [-0.2, 0) is 6.61 Å². The van der Waals surface area contributed by atoms with E-state index < -0.39 is 0 Å². The lowest BCUT2D eigenvalue weighted by Gasteiger charge is -2.14. The summed E-state index contributed by atoms with van der Waals surface area (Å²) in [7, 11) is 1.55. The summed E-state index contributed by atoms with van der Waals surface area (Å²) in [4.78, 5) is 12.2. The minimum atomic E-state index is -0.288. The first-order chi connectivity index (χ1) is 14.9. The third-order valence-electron chi connectivity index (χ3n) is 4.31. The molecule has 0 saturated carbocycles. The molecule has 0 aromatic heterocycles. The maximum Gasteiger partial charge on any atom is 0.271 e. The third kappa shape index (κ3) is 6.23. The van der Waals surface area contributed by atoms with E-state index in [4.69, 9.17) is 32.7 Å². The Hall–Kier alpha value is -2.54. The number of rotatable bonds is 7. The molecular formula is C23H19BrCl2N2O3. The second-order valence-corrected chi connectivity index (χ2v) is 8.31. The number of amides is 1. The Kier molecular flexibility index (Phi) is 7.96. The molecule has 3 aromatic carbocycles. The summed E-state index contributed by atoms with van der Waals surface area (Å²) in [5.41, 5.74) is 5.72. The van der Waals surface area contributed by atoms with Crippen molar-refractivity contribution in [1.29, 1.82) is 0 Å². The molecule has 8 heteroatoms. The van der Waals surface area contributed by atoms with Crippen LogP contribution in [0.2, 0.25) is 10.0 Å². The lowest BCUT2D eigenvalue weighted by molar-refractivity contribution is 0.0955. The van der Waals surface area contributed by atoms with E-state index >= 15 is 0 Å². The summed E-state index contributed by atoms with van der Waals surface area (Å²) < 4.78 is 12.1. The summed E-state index contributed by atoms with van der Waals surface area (Å²) in [5, 5.41) is 4.98. The molecule has 1 N–H and O–H groups in total. The normalized spacial score (nSPS) is 10.9. The number of nitrogens with zero attached hydrogens (tertiary/aromatic N) is 1. The SMILES string of the molecule is COc1cc(/C=N\NC(=O)c2ccc(C)cc2)cc(Br)c1OCc1ccc(Cl)c(Cl)c1. The van der Waals surface area contributed by atoms with Gasteiger partial charge in [-0.1, -0.05) is 47.0 Å². The van der Waals surface area contributed by atoms with Crippen molar-refractivity contribution in [2.24, 2.45) is 5.10 Å². The Bertz CT molecular complexity index is 1120. The van der Waals surface area contributed by atoms with Crippen LogP contribution in [0.5, 0.6) is 11.5 Å². The average Bonchev–Trinajstić information content (AvgIpc) is 2.75. The number of benzene rings is 3. The van der Waals surface area contributed by atoms with E-state index in [1.807, 2.05) is 31.2 Å². The zero-order chi connectivity index (χ0) is 22.4. The monoisotopic (exact) mass is 520 g/mol. The number of nitrogens with one attached hydrogen (secondary N) is 1. The maximum absolute atomic E-state index is 12.2. The van der Waals surface area contributed by atoms with Crippen molar-refractivity contribution in [2.45, 2.75) is 13.5 Å². The molecule has 1 amide bonds. The van der Waals surface area contributed by atoms with Crippen molar-refractivity contribution < 1.29 is 14.3 Å². The molecule has 0 atom stereocenters. The van der Waals surface area contributed by atoms with Gasteiger partial charge in [0.2, 0.25) is 0 Å². The standard InChI is InChI=1S/C23H19BrCl2N2O3/c1-14-3-6-17(7-4-14)23(29)28-27-12-16-9-18(24)22(21(11-16)30-2)31-13-15-5-8-19(25)20(26)10-15/h3-12H,13H2,1-2H3,(H,28,29)/b27-12-. The van der Waals surface area contributed by atoms with Crippen molar-refractivity contribution in [3.63, 3.8) is 0 Å². The molecule has 0 heterocycles. The number of carbonyl (C=O) groups is 1. The van der Waals surface area contributed by atoms with Gasteiger partial charge >= 0.3 is 0 Å². The van der Waals surface area contributed by atoms with E-state index in [2.05, 4.69) is 26.5 Å². The van der Waals surface area contributed by atoms with Gasteiger partial charge < -0.3 is 9.47 Å². The fourth-order valence-corrected chi connectivity index (χ4v) is 3.57. The number of methoxy groups -OCH3 is 1. The van der Waals surface area contributed by atoms with E-state index in [0.717, 1.165) is 16.7 Å². The number of ether oxygens (including phenoxy) is 2. The summed E-state index contributed by atoms with van der Waals surface area (Å²) in [6, 6.07) is 16.1. The molecule has 0 saturated heterocycles. The number of hydrogen-bond acceptors (Lipinski definition) is 4. The molecule has 0 bridgehead atoms. The van der Waals surface area contributed by atoms with Gasteiger partial charge in [0.1, 0.15) is 6.61 Å². The molecule has 0 fully saturated rings. The Labute approximate surface area is 199 Å². The number of hydrazone groups is 1. The largest absolute Gasteiger partial charge is 0.493 e. The molecule has 0 aliphatic rings. The molecule has 31 heavy (non-hydrogen) atoms. The van der Waals surface area contributed by atoms with Crippen LogP contribution in [0, 0.1) is 6.92 Å². The number of halogens is 3. The summed E-state index contributed by atoms with van der Waals surface area (Å²) in [5.74, 6) is 0.763. The van der Waals surface area contributed by atoms with Gasteiger partial charge in [0.05, 0.1) is 27.8 Å². The predicted molar refractivity (Wildman–Crippen MR) is 128 cm³/mol. The van der Waals surface area contributed by atoms with Crippen LogP contribution >= 0.6 is 39.1 Å². The summed E-state index contributed by atoms with van der Waals surface area (Å²) in [6.07, 6.45) is 1.53. The second kappa shape index (κ2) is 10.7. The molecule has 0 spiro atoms. The first-order valence-corrected chi connectivity index (χ1v) is 10.8. The molecule has 0 unspecified atom stereocenters. The molecule has 160 valence electrons. The Morgan fingerprint density at radius 1 is 1.10 bits per heavy atom. The molecule has 3 rings (SSSR count). The van der Waals surface area contributed by atoms with Gasteiger partial charge in [0, 0.05) is 5.56 Å². The zero-order valence-electron chi connectivity index (χ0n) is 16.8. The fraction of sp³-hybridized carbons (Fsp3) is 0.130. The molecular weight excluding hydrogens is 503 g/mol. The number of carbonyl (C=O) groups excluding carboxylic acids is 1. The second-order valence-electron chi connectivity index (χ2n) is 6.64. The van der Waals surface area contributed by atoms with Gasteiger partial charge in [0.25, 0.3) is 5.91 Å². The van der Waals surface area contributed by atoms with Crippen LogP contribution in [0.4, 0.5) is 0 Å². The minimum Gasteiger partial charge on any atom is -0.493 e. The van der Waals surface area contributed by atoms with Crippen molar-refractivity contribution in [3.8, 4) is 11.5 Å². The lowest BCUT2D eigenvalue weighted by Crippen LogP contribution is -2.17. The van der Waals surface area contributed by atoms with Gasteiger partial charge in [0.15, 0.2) is 11.5 Å². The first-order valence-electron chi connectivity index (χ1n) is 9.21. The quantitative estimate of drug-likeness (QED) is 0.288. The number of aryl methyl sites for hydroxylation is 1. The van der Waals surface area contributed by atoms with Crippen LogP contribution in [0.25, 0.3) is 0 Å². The van der Waals surface area contributed by atoms with Crippen LogP contribution in [0.1, 0.15) is 27.0 Å². The maximum atomic E-state index is 12.2. The number of hydrogen-bond donors (Lipinski definition) is 1. The first kappa shape index (κ1) is 23.1. The van der Waals surface area contributed by atoms with Crippen LogP contribution in [-0.4, -0.2) is 19.2 Å². The third-order valence-corrected chi connectivity index (χ3v) is 5.64. The Morgan fingerprint density at radius 3 is 2.52 bits per heavy atom. The van der Waals surface area contributed by atoms with Crippen molar-refractivity contribution in [1.82, 2.24) is 5.43 Å². The average molecular weight is 522 g/mol. The van der Waals surface area contributed by atoms with Gasteiger partial charge in [-0.15, -0.1) is 0 Å². The van der Waals surface area contributed by atoms with Gasteiger partial charge in [-0.3, -0.25) is 4.79 Å². The van der Waals surface area contributed by atoms with Crippen molar-refractivity contribution >= 4 is 51.3 Å². The Morgan fingerprint density at radius 2 is 1.84 bits per heavy atom. The van der Waals surface area contributed by atoms with E-state index in [9.17, 15) is 4.79 Å². The van der Waals surface area contributed by atoms with E-state index in [-0.39, 0.29) is 12.5 Å². The molecule has 0 radical (unpaired) electrons. The van der Waals surface area contributed by atoms with Gasteiger partial charge in [-0.05, 0) is 70.4 Å². The highest BCUT2D eigenvalue weighted by atomic mass is 79.9. The van der Waals surface area contributed by atoms with E-state index in [1.165, 1.54) is 6.21 Å². The topological polar surface area (TPSA) is 59.9 Å². The summed E-state index contributed by atoms with van der Waals surface area (Å²) >= 11 is 15.5. The van der Waals surface area contributed by atoms with Gasteiger partial charge in [-0.2, -0.15) is 5.10 Å². The smallest absolute Gasteiger partial charge is 0.271 e. The minimum absolute atomic E-state index is 0.284. The van der Waals surface area contributed by atoms with Crippen LogP contribution in [0.3, 0.4) is 0 Å². The Balaban J connectivity index is 1.69. The highest BCUT2D eigenvalue weighted by Crippen LogP contribution is 2.37.